The van der Waals surface area contributed by atoms with Gasteiger partial charge in [0.05, 0.1) is 7.11 Å². The number of amides is 1. The molecule has 0 aromatic carbocycles. The number of rotatable bonds is 3. The fourth-order valence-corrected chi connectivity index (χ4v) is 2.10. The Morgan fingerprint density at radius 1 is 1.29 bits per heavy atom. The minimum Gasteiger partial charge on any atom is -0.453 e. The van der Waals surface area contributed by atoms with Crippen LogP contribution in [0.5, 0.6) is 0 Å². The van der Waals surface area contributed by atoms with Crippen LogP contribution in [0.4, 0.5) is 4.79 Å². The quantitative estimate of drug-likeness (QED) is 0.710. The minimum atomic E-state index is -0.307. The summed E-state index contributed by atoms with van der Waals surface area (Å²) in [6.45, 7) is 0.761. The monoisotopic (exact) mass is 199 g/mol. The standard InChI is InChI=1S/C11H21NO2/c1-14-11(13)12-9-8-10-6-4-2-3-5-7-10/h10H,2-9H2,1H3,(H,12,13). The number of carbonyl (C=O) groups is 1. The lowest BCUT2D eigenvalue weighted by Gasteiger charge is -2.13. The van der Waals surface area contributed by atoms with Gasteiger partial charge in [0.25, 0.3) is 0 Å². The molecule has 0 radical (unpaired) electrons. The first-order chi connectivity index (χ1) is 6.83. The molecule has 1 aliphatic carbocycles. The third-order valence-corrected chi connectivity index (χ3v) is 2.98. The maximum absolute atomic E-state index is 10.8. The zero-order valence-corrected chi connectivity index (χ0v) is 9.05. The van der Waals surface area contributed by atoms with Gasteiger partial charge in [0.15, 0.2) is 0 Å². The summed E-state index contributed by atoms with van der Waals surface area (Å²) in [5.41, 5.74) is 0. The highest BCUT2D eigenvalue weighted by Crippen LogP contribution is 2.24. The van der Waals surface area contributed by atoms with Gasteiger partial charge in [0.1, 0.15) is 0 Å². The average Bonchev–Trinajstić information content (AvgIpc) is 2.46. The van der Waals surface area contributed by atoms with E-state index in [9.17, 15) is 4.79 Å². The number of alkyl carbamates (subject to hydrolysis) is 1. The molecule has 82 valence electrons. The summed E-state index contributed by atoms with van der Waals surface area (Å²) in [6, 6.07) is 0. The lowest BCUT2D eigenvalue weighted by molar-refractivity contribution is 0.170. The summed E-state index contributed by atoms with van der Waals surface area (Å²) < 4.78 is 4.51. The molecule has 0 atom stereocenters. The molecule has 1 rings (SSSR count). The lowest BCUT2D eigenvalue weighted by Crippen LogP contribution is -2.25. The second-order valence-electron chi connectivity index (χ2n) is 4.06. The molecule has 1 amide bonds. The van der Waals surface area contributed by atoms with Crippen molar-refractivity contribution in [2.75, 3.05) is 13.7 Å². The SMILES string of the molecule is COC(=O)NCCC1CCCCCC1. The maximum atomic E-state index is 10.8. The molecule has 3 heteroatoms. The van der Waals surface area contributed by atoms with E-state index >= 15 is 0 Å². The molecule has 0 bridgehead atoms. The molecule has 0 spiro atoms. The highest BCUT2D eigenvalue weighted by molar-refractivity contribution is 5.66. The molecule has 1 aliphatic rings. The zero-order valence-electron chi connectivity index (χ0n) is 9.05. The fraction of sp³-hybridized carbons (Fsp3) is 0.909. The van der Waals surface area contributed by atoms with E-state index in [1.54, 1.807) is 0 Å². The van der Waals surface area contributed by atoms with E-state index in [0.717, 1.165) is 18.9 Å². The number of hydrogen-bond acceptors (Lipinski definition) is 2. The Hall–Kier alpha value is -0.730. The van der Waals surface area contributed by atoms with Gasteiger partial charge >= 0.3 is 6.09 Å². The van der Waals surface area contributed by atoms with Gasteiger partial charge in [0, 0.05) is 6.54 Å². The van der Waals surface area contributed by atoms with Crippen LogP contribution in [0.3, 0.4) is 0 Å². The predicted molar refractivity (Wildman–Crippen MR) is 56.2 cm³/mol. The smallest absolute Gasteiger partial charge is 0.406 e. The Labute approximate surface area is 86.2 Å². The van der Waals surface area contributed by atoms with Gasteiger partial charge in [-0.2, -0.15) is 0 Å². The Morgan fingerprint density at radius 2 is 1.93 bits per heavy atom. The van der Waals surface area contributed by atoms with Crippen LogP contribution in [-0.2, 0) is 4.74 Å². The first kappa shape index (κ1) is 11.3. The van der Waals surface area contributed by atoms with Gasteiger partial charge in [-0.15, -0.1) is 0 Å². The molecular formula is C11H21NO2. The van der Waals surface area contributed by atoms with Gasteiger partial charge in [0.2, 0.25) is 0 Å². The van der Waals surface area contributed by atoms with Crippen LogP contribution < -0.4 is 5.32 Å². The van der Waals surface area contributed by atoms with Gasteiger partial charge in [-0.25, -0.2) is 4.79 Å². The molecule has 0 unspecified atom stereocenters. The number of ether oxygens (including phenoxy) is 1. The molecule has 1 fully saturated rings. The largest absolute Gasteiger partial charge is 0.453 e. The normalized spacial score (nSPS) is 18.6. The first-order valence-corrected chi connectivity index (χ1v) is 5.64. The third-order valence-electron chi connectivity index (χ3n) is 2.98. The summed E-state index contributed by atoms with van der Waals surface area (Å²) >= 11 is 0. The van der Waals surface area contributed by atoms with Crippen molar-refractivity contribution >= 4 is 6.09 Å². The molecule has 14 heavy (non-hydrogen) atoms. The number of methoxy groups -OCH3 is 1. The van der Waals surface area contributed by atoms with E-state index in [4.69, 9.17) is 0 Å². The van der Waals surface area contributed by atoms with Crippen molar-refractivity contribution in [2.24, 2.45) is 5.92 Å². The van der Waals surface area contributed by atoms with Crippen molar-refractivity contribution < 1.29 is 9.53 Å². The van der Waals surface area contributed by atoms with E-state index in [2.05, 4.69) is 10.1 Å². The molecule has 0 saturated heterocycles. The highest BCUT2D eigenvalue weighted by Gasteiger charge is 2.11. The highest BCUT2D eigenvalue weighted by atomic mass is 16.5. The van der Waals surface area contributed by atoms with Crippen molar-refractivity contribution in [3.05, 3.63) is 0 Å². The van der Waals surface area contributed by atoms with Gasteiger partial charge in [-0.05, 0) is 12.3 Å². The Balaban J connectivity index is 2.07. The van der Waals surface area contributed by atoms with Gasteiger partial charge in [-0.3, -0.25) is 0 Å². The second kappa shape index (κ2) is 6.68. The van der Waals surface area contributed by atoms with Crippen molar-refractivity contribution in [1.29, 1.82) is 0 Å². The van der Waals surface area contributed by atoms with Crippen molar-refractivity contribution in [3.8, 4) is 0 Å². The van der Waals surface area contributed by atoms with E-state index in [0.29, 0.717) is 0 Å². The Kier molecular flexibility index (Phi) is 5.42. The summed E-state index contributed by atoms with van der Waals surface area (Å²) in [5.74, 6) is 0.814. The van der Waals surface area contributed by atoms with Crippen molar-refractivity contribution in [1.82, 2.24) is 5.32 Å². The number of carbonyl (C=O) groups excluding carboxylic acids is 1. The van der Waals surface area contributed by atoms with Crippen LogP contribution in [0.25, 0.3) is 0 Å². The number of nitrogens with one attached hydrogen (secondary N) is 1. The first-order valence-electron chi connectivity index (χ1n) is 5.64. The van der Waals surface area contributed by atoms with E-state index in [1.165, 1.54) is 45.6 Å². The molecule has 0 heterocycles. The minimum absolute atomic E-state index is 0.307. The Morgan fingerprint density at radius 3 is 2.50 bits per heavy atom. The zero-order chi connectivity index (χ0) is 10.2. The summed E-state index contributed by atoms with van der Waals surface area (Å²) in [7, 11) is 1.40. The summed E-state index contributed by atoms with van der Waals surface area (Å²) in [4.78, 5) is 10.8. The topological polar surface area (TPSA) is 38.3 Å². The molecule has 1 N–H and O–H groups in total. The summed E-state index contributed by atoms with van der Waals surface area (Å²) in [5, 5.41) is 2.74. The third kappa shape index (κ3) is 4.49. The van der Waals surface area contributed by atoms with Crippen LogP contribution in [-0.4, -0.2) is 19.7 Å². The predicted octanol–water partition coefficient (Wildman–Crippen LogP) is 2.70. The van der Waals surface area contributed by atoms with E-state index < -0.39 is 0 Å². The molecule has 0 aliphatic heterocycles. The van der Waals surface area contributed by atoms with E-state index in [1.807, 2.05) is 0 Å². The second-order valence-corrected chi connectivity index (χ2v) is 4.06. The lowest BCUT2D eigenvalue weighted by atomic mass is 9.97. The maximum Gasteiger partial charge on any atom is 0.406 e. The van der Waals surface area contributed by atoms with Gasteiger partial charge in [-0.1, -0.05) is 38.5 Å². The van der Waals surface area contributed by atoms with Crippen LogP contribution in [0.1, 0.15) is 44.9 Å². The molecule has 0 aromatic rings. The number of hydrogen-bond donors (Lipinski definition) is 1. The van der Waals surface area contributed by atoms with Crippen LogP contribution in [0, 0.1) is 5.92 Å². The van der Waals surface area contributed by atoms with Crippen LogP contribution in [0.15, 0.2) is 0 Å². The van der Waals surface area contributed by atoms with Gasteiger partial charge < -0.3 is 10.1 Å². The summed E-state index contributed by atoms with van der Waals surface area (Å²) in [6.07, 6.45) is 8.98. The molecule has 1 saturated carbocycles. The van der Waals surface area contributed by atoms with Crippen LogP contribution in [0.2, 0.25) is 0 Å². The fourth-order valence-electron chi connectivity index (χ4n) is 2.10. The molecular weight excluding hydrogens is 178 g/mol. The van der Waals surface area contributed by atoms with E-state index in [-0.39, 0.29) is 6.09 Å². The molecule has 0 aromatic heterocycles. The van der Waals surface area contributed by atoms with Crippen molar-refractivity contribution in [3.63, 3.8) is 0 Å². The average molecular weight is 199 g/mol. The molecule has 3 nitrogen and oxygen atoms in total. The van der Waals surface area contributed by atoms with Crippen LogP contribution >= 0.6 is 0 Å². The van der Waals surface area contributed by atoms with Crippen molar-refractivity contribution in [2.45, 2.75) is 44.9 Å². The Bertz CT molecular complexity index is 163.